The monoisotopic (exact) mass is 288 g/mol. The van der Waals surface area contributed by atoms with Gasteiger partial charge in [0.05, 0.1) is 6.26 Å². The van der Waals surface area contributed by atoms with Gasteiger partial charge in [-0.3, -0.25) is 9.59 Å². The van der Waals surface area contributed by atoms with Crippen LogP contribution in [0.3, 0.4) is 0 Å². The molecular formula is C15H12O6. The van der Waals surface area contributed by atoms with Gasteiger partial charge in [0, 0.05) is 12.5 Å². The quantitative estimate of drug-likeness (QED) is 0.476. The van der Waals surface area contributed by atoms with Gasteiger partial charge in [-0.2, -0.15) is 0 Å². The molecule has 6 heteroatoms. The van der Waals surface area contributed by atoms with Gasteiger partial charge in [-0.25, -0.2) is 4.79 Å². The summed E-state index contributed by atoms with van der Waals surface area (Å²) in [5, 5.41) is 0. The molecule has 2 aromatic rings. The fourth-order valence-electron chi connectivity index (χ4n) is 1.56. The Morgan fingerprint density at radius 1 is 1.10 bits per heavy atom. The molecule has 1 aromatic heterocycles. The lowest BCUT2D eigenvalue weighted by atomic mass is 10.1. The molecule has 0 bridgehead atoms. The molecule has 0 atom stereocenters. The predicted octanol–water partition coefficient (Wildman–Crippen LogP) is 2.24. The first-order valence-corrected chi connectivity index (χ1v) is 6.08. The average Bonchev–Trinajstić information content (AvgIpc) is 2.99. The third-order valence-corrected chi connectivity index (χ3v) is 2.49. The molecule has 0 unspecified atom stereocenters. The van der Waals surface area contributed by atoms with E-state index in [0.29, 0.717) is 11.3 Å². The molecule has 0 amide bonds. The second-order valence-corrected chi connectivity index (χ2v) is 4.09. The van der Waals surface area contributed by atoms with Crippen LogP contribution in [0.5, 0.6) is 5.75 Å². The number of rotatable bonds is 5. The molecule has 0 saturated heterocycles. The van der Waals surface area contributed by atoms with E-state index in [2.05, 4.69) is 0 Å². The molecule has 2 rings (SSSR count). The van der Waals surface area contributed by atoms with Gasteiger partial charge in [0.25, 0.3) is 0 Å². The van der Waals surface area contributed by atoms with E-state index in [1.165, 1.54) is 43.5 Å². The topological polar surface area (TPSA) is 82.8 Å². The minimum Gasteiger partial charge on any atom is -0.457 e. The number of hydrogen-bond acceptors (Lipinski definition) is 6. The summed E-state index contributed by atoms with van der Waals surface area (Å²) in [4.78, 5) is 34.1. The molecular weight excluding hydrogens is 276 g/mol. The van der Waals surface area contributed by atoms with Crippen LogP contribution in [0.15, 0.2) is 47.1 Å². The number of carbonyl (C=O) groups excluding carboxylic acids is 3. The summed E-state index contributed by atoms with van der Waals surface area (Å²) in [5.41, 5.74) is 0.346. The normalized spacial score (nSPS) is 9.95. The van der Waals surface area contributed by atoms with Crippen molar-refractivity contribution in [3.8, 4) is 5.75 Å². The lowest BCUT2D eigenvalue weighted by molar-refractivity contribution is -0.131. The Hall–Kier alpha value is -2.89. The van der Waals surface area contributed by atoms with Crippen molar-refractivity contribution in [3.63, 3.8) is 0 Å². The molecule has 0 spiro atoms. The van der Waals surface area contributed by atoms with Crippen LogP contribution in [0, 0.1) is 0 Å². The highest BCUT2D eigenvalue weighted by atomic mass is 16.5. The van der Waals surface area contributed by atoms with E-state index in [-0.39, 0.29) is 11.5 Å². The standard InChI is InChI=1S/C15H12O6/c1-10(16)21-12-6-4-11(5-7-12)13(17)9-20-15(18)14-3-2-8-19-14/h2-8H,9H2,1H3. The van der Waals surface area contributed by atoms with E-state index in [1.807, 2.05) is 0 Å². The van der Waals surface area contributed by atoms with Crippen LogP contribution in [0.2, 0.25) is 0 Å². The first kappa shape index (κ1) is 14.5. The largest absolute Gasteiger partial charge is 0.457 e. The van der Waals surface area contributed by atoms with Gasteiger partial charge in [0.2, 0.25) is 5.76 Å². The smallest absolute Gasteiger partial charge is 0.374 e. The van der Waals surface area contributed by atoms with E-state index in [9.17, 15) is 14.4 Å². The number of esters is 2. The van der Waals surface area contributed by atoms with Crippen molar-refractivity contribution in [2.75, 3.05) is 6.61 Å². The zero-order valence-electron chi connectivity index (χ0n) is 11.2. The van der Waals surface area contributed by atoms with Crippen molar-refractivity contribution in [2.45, 2.75) is 6.92 Å². The van der Waals surface area contributed by atoms with E-state index < -0.39 is 18.5 Å². The lowest BCUT2D eigenvalue weighted by Gasteiger charge is -2.04. The summed E-state index contributed by atoms with van der Waals surface area (Å²) in [7, 11) is 0. The first-order valence-electron chi connectivity index (χ1n) is 6.08. The van der Waals surface area contributed by atoms with E-state index in [1.54, 1.807) is 6.07 Å². The van der Waals surface area contributed by atoms with Crippen molar-refractivity contribution in [1.29, 1.82) is 0 Å². The number of Topliss-reactive ketones (excluding diaryl/α,β-unsaturated/α-hetero) is 1. The van der Waals surface area contributed by atoms with Crippen molar-refractivity contribution < 1.29 is 28.3 Å². The van der Waals surface area contributed by atoms with Gasteiger partial charge in [-0.05, 0) is 36.4 Å². The number of carbonyl (C=O) groups is 3. The highest BCUT2D eigenvalue weighted by Gasteiger charge is 2.13. The zero-order chi connectivity index (χ0) is 15.2. The van der Waals surface area contributed by atoms with Gasteiger partial charge >= 0.3 is 11.9 Å². The van der Waals surface area contributed by atoms with Crippen molar-refractivity contribution in [1.82, 2.24) is 0 Å². The van der Waals surface area contributed by atoms with E-state index >= 15 is 0 Å². The summed E-state index contributed by atoms with van der Waals surface area (Å²) in [5.74, 6) is -1.14. The van der Waals surface area contributed by atoms with E-state index in [0.717, 1.165) is 0 Å². The highest BCUT2D eigenvalue weighted by molar-refractivity contribution is 5.99. The Balaban J connectivity index is 1.91. The van der Waals surface area contributed by atoms with Gasteiger partial charge in [-0.15, -0.1) is 0 Å². The van der Waals surface area contributed by atoms with Crippen molar-refractivity contribution in [2.24, 2.45) is 0 Å². The number of ketones is 1. The van der Waals surface area contributed by atoms with Gasteiger partial charge in [-0.1, -0.05) is 0 Å². The maximum atomic E-state index is 11.8. The van der Waals surface area contributed by atoms with Crippen LogP contribution in [0.25, 0.3) is 0 Å². The Morgan fingerprint density at radius 3 is 2.38 bits per heavy atom. The molecule has 1 aromatic carbocycles. The number of hydrogen-bond donors (Lipinski definition) is 0. The minimum absolute atomic E-state index is 0.0352. The molecule has 0 aliphatic rings. The van der Waals surface area contributed by atoms with Crippen molar-refractivity contribution in [3.05, 3.63) is 54.0 Å². The molecule has 0 aliphatic carbocycles. The SMILES string of the molecule is CC(=O)Oc1ccc(C(=O)COC(=O)c2ccco2)cc1. The molecule has 0 fully saturated rings. The molecule has 0 aliphatic heterocycles. The molecule has 6 nitrogen and oxygen atoms in total. The van der Waals surface area contributed by atoms with Crippen LogP contribution in [0.1, 0.15) is 27.8 Å². The Kier molecular flexibility index (Phi) is 4.50. The molecule has 0 N–H and O–H groups in total. The van der Waals surface area contributed by atoms with E-state index in [4.69, 9.17) is 13.9 Å². The number of furan rings is 1. The van der Waals surface area contributed by atoms with Gasteiger partial charge in [0.1, 0.15) is 5.75 Å². The Bertz CT molecular complexity index is 639. The van der Waals surface area contributed by atoms with Crippen LogP contribution in [0.4, 0.5) is 0 Å². The van der Waals surface area contributed by atoms with Crippen LogP contribution in [-0.2, 0) is 9.53 Å². The maximum absolute atomic E-state index is 11.8. The van der Waals surface area contributed by atoms with Crippen LogP contribution in [-0.4, -0.2) is 24.3 Å². The Labute approximate surface area is 120 Å². The third-order valence-electron chi connectivity index (χ3n) is 2.49. The average molecular weight is 288 g/mol. The molecule has 1 heterocycles. The second kappa shape index (κ2) is 6.51. The summed E-state index contributed by atoms with van der Waals surface area (Å²) in [6.07, 6.45) is 1.34. The van der Waals surface area contributed by atoms with Gasteiger partial charge < -0.3 is 13.9 Å². The fraction of sp³-hybridized carbons (Fsp3) is 0.133. The summed E-state index contributed by atoms with van der Waals surface area (Å²) in [6.45, 7) is 0.888. The summed E-state index contributed by atoms with van der Waals surface area (Å²) in [6, 6.07) is 8.95. The number of benzene rings is 1. The summed E-state index contributed by atoms with van der Waals surface area (Å²) < 4.78 is 14.5. The first-order chi connectivity index (χ1) is 10.1. The highest BCUT2D eigenvalue weighted by Crippen LogP contribution is 2.13. The van der Waals surface area contributed by atoms with Crippen LogP contribution < -0.4 is 4.74 Å². The maximum Gasteiger partial charge on any atom is 0.374 e. The summed E-state index contributed by atoms with van der Waals surface area (Å²) >= 11 is 0. The molecule has 0 saturated carbocycles. The lowest BCUT2D eigenvalue weighted by Crippen LogP contribution is -2.13. The fourth-order valence-corrected chi connectivity index (χ4v) is 1.56. The minimum atomic E-state index is -0.704. The second-order valence-electron chi connectivity index (χ2n) is 4.09. The molecule has 108 valence electrons. The Morgan fingerprint density at radius 2 is 1.81 bits per heavy atom. The van der Waals surface area contributed by atoms with Gasteiger partial charge in [0.15, 0.2) is 12.4 Å². The molecule has 21 heavy (non-hydrogen) atoms. The van der Waals surface area contributed by atoms with Crippen molar-refractivity contribution >= 4 is 17.7 Å². The molecule has 0 radical (unpaired) electrons. The predicted molar refractivity (Wildman–Crippen MR) is 71.1 cm³/mol. The number of ether oxygens (including phenoxy) is 2. The third kappa shape index (κ3) is 4.04. The van der Waals surface area contributed by atoms with Crippen LogP contribution >= 0.6 is 0 Å². The zero-order valence-corrected chi connectivity index (χ0v) is 11.2.